The van der Waals surface area contributed by atoms with Gasteiger partial charge in [-0.1, -0.05) is 140 Å². The Morgan fingerprint density at radius 1 is 0.304 bits per heavy atom. The second-order valence-electron chi connectivity index (χ2n) is 14.2. The summed E-state index contributed by atoms with van der Waals surface area (Å²) in [6.07, 6.45) is 0. The van der Waals surface area contributed by atoms with Gasteiger partial charge in [-0.2, -0.15) is 0 Å². The van der Waals surface area contributed by atoms with Crippen molar-refractivity contribution in [2.24, 2.45) is 0 Å². The van der Waals surface area contributed by atoms with Crippen molar-refractivity contribution in [1.29, 1.82) is 0 Å². The van der Waals surface area contributed by atoms with Crippen molar-refractivity contribution >= 4 is 43.6 Å². The van der Waals surface area contributed by atoms with Crippen LogP contribution in [0.2, 0.25) is 0 Å². The summed E-state index contributed by atoms with van der Waals surface area (Å²) in [6.45, 7) is 0. The zero-order valence-electron chi connectivity index (χ0n) is 30.4. The summed E-state index contributed by atoms with van der Waals surface area (Å²) in [5.41, 5.74) is 14.1. The van der Waals surface area contributed by atoms with E-state index in [1.54, 1.807) is 0 Å². The van der Waals surface area contributed by atoms with E-state index in [0.29, 0.717) is 5.82 Å². The highest BCUT2D eigenvalue weighted by molar-refractivity contribution is 6.28. The Kier molecular flexibility index (Phi) is 7.46. The fourth-order valence-electron chi connectivity index (χ4n) is 8.46. The fraction of sp³-hybridized carbons (Fsp3) is 0. The van der Waals surface area contributed by atoms with E-state index in [9.17, 15) is 0 Å². The second-order valence-corrected chi connectivity index (χ2v) is 14.2. The molecular weight excluding hydrogens is 681 g/mol. The van der Waals surface area contributed by atoms with E-state index < -0.39 is 0 Å². The number of aromatic nitrogens is 4. The number of nitrogens with zero attached hydrogens (tertiary/aromatic N) is 4. The van der Waals surface area contributed by atoms with Crippen LogP contribution < -0.4 is 0 Å². The number of para-hydroxylation sites is 3. The van der Waals surface area contributed by atoms with Crippen molar-refractivity contribution in [1.82, 2.24) is 19.1 Å². The highest BCUT2D eigenvalue weighted by Gasteiger charge is 2.21. The van der Waals surface area contributed by atoms with Gasteiger partial charge in [0.1, 0.15) is 0 Å². The van der Waals surface area contributed by atoms with E-state index in [1.807, 2.05) is 6.07 Å². The van der Waals surface area contributed by atoms with Crippen LogP contribution in [-0.2, 0) is 0 Å². The molecule has 8 aromatic carbocycles. The average Bonchev–Trinajstić information content (AvgIpc) is 3.80. The smallest absolute Gasteiger partial charge is 0.160 e. The first-order valence-electron chi connectivity index (χ1n) is 19.0. The van der Waals surface area contributed by atoms with Gasteiger partial charge in [-0.15, -0.1) is 0 Å². The van der Waals surface area contributed by atoms with Gasteiger partial charge in [-0.3, -0.25) is 0 Å². The van der Waals surface area contributed by atoms with Crippen LogP contribution in [0.4, 0.5) is 0 Å². The summed E-state index contributed by atoms with van der Waals surface area (Å²) < 4.78 is 4.78. The van der Waals surface area contributed by atoms with Crippen LogP contribution in [0.25, 0.3) is 100 Å². The number of hydrogen-bond acceptors (Lipinski definition) is 2. The molecule has 0 aliphatic carbocycles. The predicted molar refractivity (Wildman–Crippen MR) is 232 cm³/mol. The van der Waals surface area contributed by atoms with Gasteiger partial charge < -0.3 is 9.13 Å². The van der Waals surface area contributed by atoms with Crippen LogP contribution in [-0.4, -0.2) is 19.1 Å². The van der Waals surface area contributed by atoms with Crippen LogP contribution in [0.1, 0.15) is 0 Å². The molecule has 0 atom stereocenters. The molecule has 3 heterocycles. The molecular formula is C52H34N4. The van der Waals surface area contributed by atoms with Gasteiger partial charge in [0, 0.05) is 49.6 Å². The molecule has 0 saturated heterocycles. The van der Waals surface area contributed by atoms with E-state index in [4.69, 9.17) is 9.97 Å². The predicted octanol–water partition coefficient (Wildman–Crippen LogP) is 13.3. The summed E-state index contributed by atoms with van der Waals surface area (Å²) in [5.74, 6) is 0.688. The van der Waals surface area contributed by atoms with Crippen LogP contribution >= 0.6 is 0 Å². The van der Waals surface area contributed by atoms with Crippen LogP contribution in [0.15, 0.2) is 206 Å². The molecule has 56 heavy (non-hydrogen) atoms. The normalized spacial score (nSPS) is 11.6. The fourth-order valence-corrected chi connectivity index (χ4v) is 8.46. The Balaban J connectivity index is 1.09. The monoisotopic (exact) mass is 714 g/mol. The molecule has 0 bridgehead atoms. The minimum Gasteiger partial charge on any atom is -0.309 e. The van der Waals surface area contributed by atoms with Crippen LogP contribution in [0.5, 0.6) is 0 Å². The maximum Gasteiger partial charge on any atom is 0.160 e. The highest BCUT2D eigenvalue weighted by Crippen LogP contribution is 2.42. The molecule has 0 aliphatic rings. The molecule has 0 radical (unpaired) electrons. The molecule has 0 N–H and O–H groups in total. The highest BCUT2D eigenvalue weighted by atomic mass is 15.0. The van der Waals surface area contributed by atoms with Crippen molar-refractivity contribution in [3.8, 4) is 56.4 Å². The molecule has 0 aliphatic heterocycles. The second kappa shape index (κ2) is 13.1. The molecule has 3 aromatic heterocycles. The first-order valence-corrected chi connectivity index (χ1v) is 19.0. The first-order chi connectivity index (χ1) is 27.8. The molecule has 0 spiro atoms. The Morgan fingerprint density at radius 2 is 0.768 bits per heavy atom. The third-order valence-corrected chi connectivity index (χ3v) is 11.0. The summed E-state index contributed by atoms with van der Waals surface area (Å²) in [6, 6.07) is 73.0. The molecule has 11 rings (SSSR count). The third kappa shape index (κ3) is 5.15. The molecule has 0 saturated carbocycles. The molecule has 262 valence electrons. The van der Waals surface area contributed by atoms with Gasteiger partial charge in [0.25, 0.3) is 0 Å². The molecule has 0 unspecified atom stereocenters. The van der Waals surface area contributed by atoms with E-state index in [-0.39, 0.29) is 0 Å². The molecule has 0 fully saturated rings. The summed E-state index contributed by atoms with van der Waals surface area (Å²) in [7, 11) is 0. The molecule has 11 aromatic rings. The SMILES string of the molecule is c1ccc(-c2cc(-c3ccccc3-c3ccccc3)nc(-c3ccc(-n4c5ccccc5c5c6c7ccccc7n(-c7ccccc7)c6ccc54)cc3)n2)cc1. The molecule has 4 nitrogen and oxygen atoms in total. The Bertz CT molecular complexity index is 3220. The quantitative estimate of drug-likeness (QED) is 0.172. The largest absolute Gasteiger partial charge is 0.309 e. The average molecular weight is 715 g/mol. The minimum absolute atomic E-state index is 0.688. The van der Waals surface area contributed by atoms with Crippen molar-refractivity contribution < 1.29 is 0 Å². The third-order valence-electron chi connectivity index (χ3n) is 11.0. The first kappa shape index (κ1) is 31.9. The number of benzene rings is 8. The van der Waals surface area contributed by atoms with Gasteiger partial charge in [0.05, 0.1) is 33.5 Å². The van der Waals surface area contributed by atoms with Gasteiger partial charge in [-0.25, -0.2) is 9.97 Å². The molecule has 4 heteroatoms. The lowest BCUT2D eigenvalue weighted by atomic mass is 9.96. The van der Waals surface area contributed by atoms with Gasteiger partial charge in [0.15, 0.2) is 5.82 Å². The lowest BCUT2D eigenvalue weighted by molar-refractivity contribution is 1.16. The van der Waals surface area contributed by atoms with Crippen molar-refractivity contribution in [3.63, 3.8) is 0 Å². The van der Waals surface area contributed by atoms with Crippen molar-refractivity contribution in [2.45, 2.75) is 0 Å². The summed E-state index contributed by atoms with van der Waals surface area (Å²) >= 11 is 0. The number of hydrogen-bond donors (Lipinski definition) is 0. The van der Waals surface area contributed by atoms with Crippen molar-refractivity contribution in [3.05, 3.63) is 206 Å². The maximum atomic E-state index is 5.25. The van der Waals surface area contributed by atoms with E-state index in [2.05, 4.69) is 209 Å². The lowest BCUT2D eigenvalue weighted by Crippen LogP contribution is -1.98. The van der Waals surface area contributed by atoms with Crippen LogP contribution in [0.3, 0.4) is 0 Å². The summed E-state index contributed by atoms with van der Waals surface area (Å²) in [5, 5.41) is 5.00. The van der Waals surface area contributed by atoms with E-state index in [0.717, 1.165) is 50.6 Å². The van der Waals surface area contributed by atoms with E-state index in [1.165, 1.54) is 43.6 Å². The van der Waals surface area contributed by atoms with Gasteiger partial charge >= 0.3 is 0 Å². The van der Waals surface area contributed by atoms with Gasteiger partial charge in [-0.05, 0) is 77.9 Å². The molecule has 0 amide bonds. The zero-order chi connectivity index (χ0) is 37.0. The van der Waals surface area contributed by atoms with Gasteiger partial charge in [0.2, 0.25) is 0 Å². The minimum atomic E-state index is 0.688. The zero-order valence-corrected chi connectivity index (χ0v) is 30.4. The topological polar surface area (TPSA) is 35.6 Å². The Hall–Kier alpha value is -7.56. The van der Waals surface area contributed by atoms with Crippen LogP contribution in [0, 0.1) is 0 Å². The lowest BCUT2D eigenvalue weighted by Gasteiger charge is -2.13. The van der Waals surface area contributed by atoms with E-state index >= 15 is 0 Å². The number of rotatable bonds is 6. The van der Waals surface area contributed by atoms with Crippen molar-refractivity contribution in [2.75, 3.05) is 0 Å². The standard InChI is InChI=1S/C52H34N4/c1-4-16-35(17-5-1)40-22-10-11-23-41(40)45-34-44(36-18-6-2-7-19-36)53-52(54-45)37-28-30-39(31-29-37)56-47-27-15-13-25-43(47)51-49(56)33-32-48-50(51)42-24-12-14-26-46(42)55(48)38-20-8-3-9-21-38/h1-34H. The number of fused-ring (bicyclic) bond motifs is 7. The maximum absolute atomic E-state index is 5.25. The Morgan fingerprint density at radius 3 is 1.38 bits per heavy atom. The Labute approximate surface area is 324 Å². The summed E-state index contributed by atoms with van der Waals surface area (Å²) in [4.78, 5) is 10.4.